The maximum Gasteiger partial charge on any atom is 0.331 e. The summed E-state index contributed by atoms with van der Waals surface area (Å²) >= 11 is 0. The molecule has 0 bridgehead atoms. The van der Waals surface area contributed by atoms with Gasteiger partial charge in [-0.25, -0.2) is 9.78 Å². The zero-order valence-electron chi connectivity index (χ0n) is 11.4. The fraction of sp³-hybridized carbons (Fsp3) is 0.308. The molecule has 2 aromatic heterocycles. The van der Waals surface area contributed by atoms with Crippen LogP contribution in [-0.4, -0.2) is 21.2 Å². The number of nitrogens with two attached hydrogens (primary N) is 1. The van der Waals surface area contributed by atoms with E-state index in [-0.39, 0.29) is 12.2 Å². The molecule has 0 radical (unpaired) electrons. The third kappa shape index (κ3) is 2.56. The first-order valence-corrected chi connectivity index (χ1v) is 6.16. The molecule has 2 heterocycles. The van der Waals surface area contributed by atoms with E-state index in [4.69, 9.17) is 10.5 Å². The van der Waals surface area contributed by atoms with Crippen LogP contribution < -0.4 is 21.7 Å². The molecular formula is C13H16N4O3. The largest absolute Gasteiger partial charge is 0.481 e. The Morgan fingerprint density at radius 1 is 1.35 bits per heavy atom. The number of aromatic nitrogens is 3. The Kier molecular flexibility index (Phi) is 3.88. The Labute approximate surface area is 115 Å². The summed E-state index contributed by atoms with van der Waals surface area (Å²) < 4.78 is 7.47. The SMILES string of the molecule is CCn1cc(N)c(=O)n(Cc2cccc(OC)n2)c1=O. The molecule has 0 saturated carbocycles. The molecule has 0 atom stereocenters. The van der Waals surface area contributed by atoms with Crippen molar-refractivity contribution in [3.05, 3.63) is 50.9 Å². The quantitative estimate of drug-likeness (QED) is 0.852. The first-order valence-electron chi connectivity index (χ1n) is 6.16. The van der Waals surface area contributed by atoms with E-state index in [0.29, 0.717) is 18.1 Å². The molecule has 2 N–H and O–H groups in total. The predicted molar refractivity (Wildman–Crippen MR) is 74.9 cm³/mol. The van der Waals surface area contributed by atoms with Crippen LogP contribution in [0.3, 0.4) is 0 Å². The van der Waals surface area contributed by atoms with E-state index in [1.807, 2.05) is 0 Å². The van der Waals surface area contributed by atoms with Crippen molar-refractivity contribution >= 4 is 5.69 Å². The number of aryl methyl sites for hydroxylation is 1. The second kappa shape index (κ2) is 5.60. The Morgan fingerprint density at radius 2 is 2.10 bits per heavy atom. The highest BCUT2D eigenvalue weighted by atomic mass is 16.5. The lowest BCUT2D eigenvalue weighted by Gasteiger charge is -2.10. The summed E-state index contributed by atoms with van der Waals surface area (Å²) in [6.07, 6.45) is 1.36. The zero-order valence-corrected chi connectivity index (χ0v) is 11.4. The van der Waals surface area contributed by atoms with Gasteiger partial charge in [0, 0.05) is 18.8 Å². The molecule has 0 aliphatic carbocycles. The molecule has 106 valence electrons. The van der Waals surface area contributed by atoms with E-state index in [1.165, 1.54) is 17.9 Å². The average Bonchev–Trinajstić information content (AvgIpc) is 2.47. The minimum Gasteiger partial charge on any atom is -0.481 e. The second-order valence-corrected chi connectivity index (χ2v) is 4.22. The van der Waals surface area contributed by atoms with Crippen LogP contribution in [0.15, 0.2) is 34.0 Å². The summed E-state index contributed by atoms with van der Waals surface area (Å²) in [6.45, 7) is 2.30. The van der Waals surface area contributed by atoms with Gasteiger partial charge in [-0.15, -0.1) is 0 Å². The number of methoxy groups -OCH3 is 1. The maximum atomic E-state index is 12.1. The molecule has 0 fully saturated rings. The molecule has 0 spiro atoms. The summed E-state index contributed by atoms with van der Waals surface area (Å²) in [5.74, 6) is 0.426. The molecule has 0 unspecified atom stereocenters. The number of ether oxygens (including phenoxy) is 1. The minimum absolute atomic E-state index is 0.0364. The topological polar surface area (TPSA) is 92.1 Å². The summed E-state index contributed by atoms with van der Waals surface area (Å²) in [7, 11) is 1.50. The van der Waals surface area contributed by atoms with Crippen molar-refractivity contribution in [2.24, 2.45) is 0 Å². The Bertz CT molecular complexity index is 733. The molecule has 2 rings (SSSR count). The van der Waals surface area contributed by atoms with Gasteiger partial charge in [0.05, 0.1) is 19.3 Å². The molecule has 20 heavy (non-hydrogen) atoms. The molecular weight excluding hydrogens is 260 g/mol. The van der Waals surface area contributed by atoms with E-state index < -0.39 is 11.2 Å². The smallest absolute Gasteiger partial charge is 0.331 e. The Morgan fingerprint density at radius 3 is 2.75 bits per heavy atom. The highest BCUT2D eigenvalue weighted by Gasteiger charge is 2.10. The zero-order chi connectivity index (χ0) is 14.7. The summed E-state index contributed by atoms with van der Waals surface area (Å²) in [5, 5.41) is 0. The van der Waals surface area contributed by atoms with Gasteiger partial charge in [0.15, 0.2) is 0 Å². The standard InChI is InChI=1S/C13H16N4O3/c1-3-16-8-10(14)12(18)17(13(16)19)7-9-5-4-6-11(15-9)20-2/h4-6,8H,3,7,14H2,1-2H3. The monoisotopic (exact) mass is 276 g/mol. The highest BCUT2D eigenvalue weighted by molar-refractivity contribution is 5.31. The number of rotatable bonds is 4. The molecule has 0 aromatic carbocycles. The van der Waals surface area contributed by atoms with Crippen molar-refractivity contribution in [3.8, 4) is 5.88 Å². The number of anilines is 1. The van der Waals surface area contributed by atoms with Gasteiger partial charge in [-0.1, -0.05) is 6.07 Å². The van der Waals surface area contributed by atoms with Crippen molar-refractivity contribution < 1.29 is 4.74 Å². The van der Waals surface area contributed by atoms with Crippen molar-refractivity contribution in [3.63, 3.8) is 0 Å². The molecule has 0 aliphatic rings. The van der Waals surface area contributed by atoms with Crippen LogP contribution >= 0.6 is 0 Å². The number of hydrogen-bond acceptors (Lipinski definition) is 5. The average molecular weight is 276 g/mol. The van der Waals surface area contributed by atoms with Crippen molar-refractivity contribution in [1.29, 1.82) is 0 Å². The van der Waals surface area contributed by atoms with Crippen LogP contribution in [0.5, 0.6) is 5.88 Å². The van der Waals surface area contributed by atoms with Crippen molar-refractivity contribution in [1.82, 2.24) is 14.1 Å². The normalized spacial score (nSPS) is 10.5. The van der Waals surface area contributed by atoms with Crippen LogP contribution in [0, 0.1) is 0 Å². The fourth-order valence-corrected chi connectivity index (χ4v) is 1.86. The van der Waals surface area contributed by atoms with Gasteiger partial charge < -0.3 is 10.5 Å². The first-order chi connectivity index (χ1) is 9.56. The van der Waals surface area contributed by atoms with Crippen LogP contribution in [0.1, 0.15) is 12.6 Å². The number of nitrogen functional groups attached to an aromatic ring is 1. The molecule has 7 heteroatoms. The van der Waals surface area contributed by atoms with Crippen molar-refractivity contribution in [2.45, 2.75) is 20.0 Å². The number of pyridine rings is 1. The lowest BCUT2D eigenvalue weighted by atomic mass is 10.3. The molecule has 7 nitrogen and oxygen atoms in total. The van der Waals surface area contributed by atoms with E-state index in [9.17, 15) is 9.59 Å². The van der Waals surface area contributed by atoms with Gasteiger partial charge in [-0.2, -0.15) is 0 Å². The third-order valence-corrected chi connectivity index (χ3v) is 2.91. The van der Waals surface area contributed by atoms with Gasteiger partial charge in [0.1, 0.15) is 5.69 Å². The van der Waals surface area contributed by atoms with Crippen molar-refractivity contribution in [2.75, 3.05) is 12.8 Å². The summed E-state index contributed by atoms with van der Waals surface area (Å²) in [5.41, 5.74) is 5.31. The molecule has 0 aliphatic heterocycles. The van der Waals surface area contributed by atoms with Crippen LogP contribution in [0.2, 0.25) is 0 Å². The minimum atomic E-state index is -0.510. The lowest BCUT2D eigenvalue weighted by Crippen LogP contribution is -2.40. The summed E-state index contributed by atoms with van der Waals surface area (Å²) in [6, 6.07) is 5.15. The lowest BCUT2D eigenvalue weighted by molar-refractivity contribution is 0.395. The Balaban J connectivity index is 2.50. The van der Waals surface area contributed by atoms with Crippen LogP contribution in [-0.2, 0) is 13.1 Å². The Hall–Kier alpha value is -2.57. The van der Waals surface area contributed by atoms with Crippen LogP contribution in [0.25, 0.3) is 0 Å². The third-order valence-electron chi connectivity index (χ3n) is 2.91. The van der Waals surface area contributed by atoms with E-state index in [1.54, 1.807) is 25.1 Å². The number of hydrogen-bond donors (Lipinski definition) is 1. The van der Waals surface area contributed by atoms with Gasteiger partial charge in [0.2, 0.25) is 5.88 Å². The summed E-state index contributed by atoms with van der Waals surface area (Å²) in [4.78, 5) is 28.3. The molecule has 0 amide bonds. The van der Waals surface area contributed by atoms with E-state index in [0.717, 1.165) is 4.57 Å². The van der Waals surface area contributed by atoms with Gasteiger partial charge in [-0.3, -0.25) is 13.9 Å². The number of nitrogens with zero attached hydrogens (tertiary/aromatic N) is 3. The van der Waals surface area contributed by atoms with Gasteiger partial charge in [-0.05, 0) is 13.0 Å². The van der Waals surface area contributed by atoms with E-state index >= 15 is 0 Å². The van der Waals surface area contributed by atoms with Gasteiger partial charge in [0.25, 0.3) is 5.56 Å². The second-order valence-electron chi connectivity index (χ2n) is 4.22. The molecule has 0 saturated heterocycles. The predicted octanol–water partition coefficient (Wildman–Crippen LogP) is 0.0640. The van der Waals surface area contributed by atoms with Crippen LogP contribution in [0.4, 0.5) is 5.69 Å². The maximum absolute atomic E-state index is 12.1. The van der Waals surface area contributed by atoms with E-state index in [2.05, 4.69) is 4.98 Å². The molecule has 2 aromatic rings. The van der Waals surface area contributed by atoms with Gasteiger partial charge >= 0.3 is 5.69 Å². The first kappa shape index (κ1) is 13.9. The fourth-order valence-electron chi connectivity index (χ4n) is 1.86. The highest BCUT2D eigenvalue weighted by Crippen LogP contribution is 2.07.